The summed E-state index contributed by atoms with van der Waals surface area (Å²) in [6, 6.07) is 10.5. The molecule has 0 unspecified atom stereocenters. The molecule has 1 aliphatic rings. The van der Waals surface area contributed by atoms with Gasteiger partial charge in [-0.05, 0) is 24.3 Å². The van der Waals surface area contributed by atoms with Crippen LogP contribution < -0.4 is 5.32 Å². The molecule has 0 spiro atoms. The van der Waals surface area contributed by atoms with Crippen molar-refractivity contribution in [2.24, 2.45) is 5.41 Å². The van der Waals surface area contributed by atoms with Crippen molar-refractivity contribution in [2.75, 3.05) is 0 Å². The summed E-state index contributed by atoms with van der Waals surface area (Å²) in [7, 11) is 0. The van der Waals surface area contributed by atoms with E-state index in [0.717, 1.165) is 12.1 Å². The topological polar surface area (TPSA) is 29.1 Å². The molecule has 1 atom stereocenters. The lowest BCUT2D eigenvalue weighted by molar-refractivity contribution is -0.117. The molecular weight excluding hydrogens is 222 g/mol. The highest BCUT2D eigenvalue weighted by Crippen LogP contribution is 2.33. The molecule has 2 rings (SSSR count). The average Bonchev–Trinajstić information content (AvgIpc) is 2.27. The summed E-state index contributed by atoms with van der Waals surface area (Å²) in [4.78, 5) is 11.7. The van der Waals surface area contributed by atoms with Crippen LogP contribution in [-0.2, 0) is 4.79 Å². The van der Waals surface area contributed by atoms with E-state index in [1.165, 1.54) is 5.56 Å². The molecule has 0 saturated carbocycles. The Morgan fingerprint density at radius 1 is 1.17 bits per heavy atom. The van der Waals surface area contributed by atoms with Crippen LogP contribution in [0.5, 0.6) is 0 Å². The monoisotopic (exact) mass is 243 g/mol. The van der Waals surface area contributed by atoms with Crippen LogP contribution in [-0.4, -0.2) is 5.78 Å². The van der Waals surface area contributed by atoms with Crippen LogP contribution in [0.25, 0.3) is 0 Å². The van der Waals surface area contributed by atoms with Gasteiger partial charge in [-0.15, -0.1) is 0 Å². The molecule has 0 heterocycles. The minimum atomic E-state index is 0.0740. The second-order valence-electron chi connectivity index (χ2n) is 5.93. The van der Waals surface area contributed by atoms with E-state index >= 15 is 0 Å². The van der Waals surface area contributed by atoms with Crippen molar-refractivity contribution in [3.05, 3.63) is 47.7 Å². The molecule has 0 amide bonds. The number of benzene rings is 1. The van der Waals surface area contributed by atoms with Crippen molar-refractivity contribution < 1.29 is 4.79 Å². The number of carbonyl (C=O) groups is 1. The Labute approximate surface area is 109 Å². The Balaban J connectivity index is 2.08. The van der Waals surface area contributed by atoms with Gasteiger partial charge in [-0.1, -0.05) is 44.2 Å². The predicted octanol–water partition coefficient (Wildman–Crippen LogP) is 3.61. The van der Waals surface area contributed by atoms with Gasteiger partial charge in [0.2, 0.25) is 0 Å². The number of ketones is 1. The van der Waals surface area contributed by atoms with Gasteiger partial charge in [0, 0.05) is 24.2 Å². The maximum atomic E-state index is 11.7. The van der Waals surface area contributed by atoms with Crippen LogP contribution in [0, 0.1) is 5.41 Å². The van der Waals surface area contributed by atoms with Gasteiger partial charge in [0.1, 0.15) is 0 Å². The summed E-state index contributed by atoms with van der Waals surface area (Å²) in [6.45, 7) is 6.42. The fourth-order valence-corrected chi connectivity index (χ4v) is 2.54. The number of hydrogen-bond donors (Lipinski definition) is 1. The quantitative estimate of drug-likeness (QED) is 0.878. The Hall–Kier alpha value is -1.57. The summed E-state index contributed by atoms with van der Waals surface area (Å²) in [5.41, 5.74) is 2.38. The van der Waals surface area contributed by atoms with Crippen molar-refractivity contribution in [1.29, 1.82) is 0 Å². The molecule has 2 nitrogen and oxygen atoms in total. The van der Waals surface area contributed by atoms with Crippen LogP contribution in [0.4, 0.5) is 0 Å². The first-order valence-electron chi connectivity index (χ1n) is 6.51. The van der Waals surface area contributed by atoms with E-state index < -0.39 is 0 Å². The normalized spacial score (nSPS) is 20.2. The first kappa shape index (κ1) is 12.9. The van der Waals surface area contributed by atoms with Crippen molar-refractivity contribution >= 4 is 5.78 Å². The maximum absolute atomic E-state index is 11.7. The van der Waals surface area contributed by atoms with Gasteiger partial charge in [-0.25, -0.2) is 0 Å². The summed E-state index contributed by atoms with van der Waals surface area (Å²) >= 11 is 0. The fourth-order valence-electron chi connectivity index (χ4n) is 2.54. The van der Waals surface area contributed by atoms with E-state index in [4.69, 9.17) is 0 Å². The zero-order valence-corrected chi connectivity index (χ0v) is 11.4. The molecule has 1 N–H and O–H groups in total. The van der Waals surface area contributed by atoms with Crippen LogP contribution in [0.1, 0.15) is 45.2 Å². The van der Waals surface area contributed by atoms with Gasteiger partial charge in [-0.2, -0.15) is 0 Å². The van der Waals surface area contributed by atoms with Gasteiger partial charge in [0.05, 0.1) is 0 Å². The van der Waals surface area contributed by atoms with E-state index in [-0.39, 0.29) is 17.2 Å². The molecular formula is C16H21NO. The van der Waals surface area contributed by atoms with Gasteiger partial charge in [0.15, 0.2) is 5.78 Å². The number of rotatable bonds is 3. The maximum Gasteiger partial charge on any atom is 0.157 e. The minimum absolute atomic E-state index is 0.0740. The first-order chi connectivity index (χ1) is 8.46. The molecule has 0 aliphatic heterocycles. The van der Waals surface area contributed by atoms with Crippen LogP contribution in [0.2, 0.25) is 0 Å². The van der Waals surface area contributed by atoms with Crippen molar-refractivity contribution in [3.63, 3.8) is 0 Å². The number of hydrogen-bond acceptors (Lipinski definition) is 2. The number of allylic oxidation sites excluding steroid dienone is 2. The smallest absolute Gasteiger partial charge is 0.157 e. The van der Waals surface area contributed by atoms with Gasteiger partial charge >= 0.3 is 0 Å². The average molecular weight is 243 g/mol. The first-order valence-corrected chi connectivity index (χ1v) is 6.51. The molecule has 0 radical (unpaired) electrons. The van der Waals surface area contributed by atoms with E-state index in [1.54, 1.807) is 6.08 Å². The molecule has 0 saturated heterocycles. The summed E-state index contributed by atoms with van der Waals surface area (Å²) < 4.78 is 0. The second-order valence-corrected chi connectivity index (χ2v) is 5.93. The SMILES string of the molecule is C[C@H](NC1=CC(=O)CC(C)(C)C1)c1ccccc1. The Morgan fingerprint density at radius 3 is 2.44 bits per heavy atom. The molecule has 0 fully saturated rings. The summed E-state index contributed by atoms with van der Waals surface area (Å²) in [5.74, 6) is 0.231. The Bertz CT molecular complexity index is 459. The van der Waals surface area contributed by atoms with Crippen molar-refractivity contribution in [3.8, 4) is 0 Å². The largest absolute Gasteiger partial charge is 0.382 e. The highest BCUT2D eigenvalue weighted by Gasteiger charge is 2.27. The van der Waals surface area contributed by atoms with Gasteiger partial charge in [0.25, 0.3) is 0 Å². The fraction of sp³-hybridized carbons (Fsp3) is 0.438. The lowest BCUT2D eigenvalue weighted by Crippen LogP contribution is -2.29. The Morgan fingerprint density at radius 2 is 1.83 bits per heavy atom. The third-order valence-electron chi connectivity index (χ3n) is 3.36. The standard InChI is InChI=1S/C16H21NO/c1-12(13-7-5-4-6-8-13)17-14-9-15(18)11-16(2,3)10-14/h4-9,12,17H,10-11H2,1-3H3/t12-/m0/s1. The summed E-state index contributed by atoms with van der Waals surface area (Å²) in [5, 5.41) is 3.46. The molecule has 1 aliphatic carbocycles. The third-order valence-corrected chi connectivity index (χ3v) is 3.36. The highest BCUT2D eigenvalue weighted by molar-refractivity contribution is 5.91. The zero-order valence-electron chi connectivity index (χ0n) is 11.4. The predicted molar refractivity (Wildman–Crippen MR) is 74.1 cm³/mol. The van der Waals surface area contributed by atoms with Gasteiger partial charge in [-0.3, -0.25) is 4.79 Å². The lowest BCUT2D eigenvalue weighted by Gasteiger charge is -2.31. The number of carbonyl (C=O) groups excluding carboxylic acids is 1. The molecule has 2 heteroatoms. The Kier molecular flexibility index (Phi) is 3.55. The van der Waals surface area contributed by atoms with E-state index in [0.29, 0.717) is 6.42 Å². The highest BCUT2D eigenvalue weighted by atomic mass is 16.1. The van der Waals surface area contributed by atoms with E-state index in [1.807, 2.05) is 18.2 Å². The molecule has 1 aromatic rings. The second kappa shape index (κ2) is 4.97. The molecule has 0 bridgehead atoms. The molecule has 0 aromatic heterocycles. The van der Waals surface area contributed by atoms with Crippen LogP contribution >= 0.6 is 0 Å². The number of nitrogens with one attached hydrogen (secondary N) is 1. The van der Waals surface area contributed by atoms with Crippen molar-refractivity contribution in [1.82, 2.24) is 5.32 Å². The third kappa shape index (κ3) is 3.22. The van der Waals surface area contributed by atoms with Crippen molar-refractivity contribution in [2.45, 2.75) is 39.7 Å². The van der Waals surface area contributed by atoms with Crippen LogP contribution in [0.3, 0.4) is 0 Å². The molecule has 96 valence electrons. The van der Waals surface area contributed by atoms with E-state index in [9.17, 15) is 4.79 Å². The van der Waals surface area contributed by atoms with Gasteiger partial charge < -0.3 is 5.32 Å². The lowest BCUT2D eigenvalue weighted by atomic mass is 9.79. The summed E-state index contributed by atoms with van der Waals surface area (Å²) in [6.07, 6.45) is 3.36. The van der Waals surface area contributed by atoms with E-state index in [2.05, 4.69) is 38.2 Å². The molecule has 18 heavy (non-hydrogen) atoms. The zero-order chi connectivity index (χ0) is 13.2. The van der Waals surface area contributed by atoms with Crippen LogP contribution in [0.15, 0.2) is 42.1 Å². The molecule has 1 aromatic carbocycles. The minimum Gasteiger partial charge on any atom is -0.382 e.